The monoisotopic (exact) mass is 262 g/mol. The number of benzene rings is 1. The lowest BCUT2D eigenvalue weighted by Gasteiger charge is -1.94. The highest BCUT2D eigenvalue weighted by Gasteiger charge is 1.88. The minimum Gasteiger partial charge on any atom is -0.0931 e. The van der Waals surface area contributed by atoms with Crippen molar-refractivity contribution >= 4 is 40.2 Å². The molecule has 0 amide bonds. The Morgan fingerprint density at radius 2 is 2.30 bits per heavy atom. The molecule has 0 aliphatic rings. The Bertz CT molecular complexity index is 232. The van der Waals surface area contributed by atoms with Crippen LogP contribution in [0.5, 0.6) is 0 Å². The van der Waals surface area contributed by atoms with Gasteiger partial charge in [-0.3, -0.25) is 0 Å². The molecule has 0 N–H and O–H groups in total. The van der Waals surface area contributed by atoms with E-state index < -0.39 is 0 Å². The second kappa shape index (κ2) is 4.03. The largest absolute Gasteiger partial charge is 0.0931 e. The lowest BCUT2D eigenvalue weighted by molar-refractivity contribution is 1.37. The average molecular weight is 262 g/mol. The number of thiocarbonyl (C=S) groups is 1. The van der Waals surface area contributed by atoms with Gasteiger partial charge >= 0.3 is 0 Å². The molecule has 52 valence electrons. The molecule has 0 aliphatic heterocycles. The molecule has 0 fully saturated rings. The van der Waals surface area contributed by atoms with E-state index in [4.69, 9.17) is 12.2 Å². The van der Waals surface area contributed by atoms with Crippen LogP contribution >= 0.6 is 34.8 Å². The first kappa shape index (κ1) is 8.14. The standard InChI is InChI=1S/C8H7IS/c9-8-3-1-2-7(6-8)4-5-10/h1-3,5-6H,4H2. The van der Waals surface area contributed by atoms with Gasteiger partial charge in [-0.2, -0.15) is 0 Å². The third-order valence-corrected chi connectivity index (χ3v) is 2.05. The third-order valence-electron chi connectivity index (χ3n) is 1.21. The van der Waals surface area contributed by atoms with Crippen LogP contribution in [0.3, 0.4) is 0 Å². The molecule has 0 heterocycles. The zero-order valence-corrected chi connectivity index (χ0v) is 8.35. The Kier molecular flexibility index (Phi) is 3.28. The zero-order valence-electron chi connectivity index (χ0n) is 5.38. The molecular formula is C8H7IS. The molecule has 0 saturated carbocycles. The maximum atomic E-state index is 4.75. The fraction of sp³-hybridized carbons (Fsp3) is 0.125. The minimum atomic E-state index is 0.895. The Labute approximate surface area is 79.8 Å². The highest BCUT2D eigenvalue weighted by molar-refractivity contribution is 14.1. The first-order valence-corrected chi connectivity index (χ1v) is 4.56. The highest BCUT2D eigenvalue weighted by Crippen LogP contribution is 2.07. The maximum Gasteiger partial charge on any atom is 0.0133 e. The van der Waals surface area contributed by atoms with Crippen molar-refractivity contribution in [2.45, 2.75) is 6.42 Å². The van der Waals surface area contributed by atoms with E-state index in [1.54, 1.807) is 5.37 Å². The first-order valence-electron chi connectivity index (χ1n) is 3.01. The van der Waals surface area contributed by atoms with Gasteiger partial charge in [0.1, 0.15) is 0 Å². The van der Waals surface area contributed by atoms with E-state index in [0.29, 0.717) is 0 Å². The van der Waals surface area contributed by atoms with Crippen LogP contribution in [0.15, 0.2) is 24.3 Å². The summed E-state index contributed by atoms with van der Waals surface area (Å²) >= 11 is 7.05. The normalized spacial score (nSPS) is 9.30. The second-order valence-electron chi connectivity index (χ2n) is 2.00. The van der Waals surface area contributed by atoms with Gasteiger partial charge in [-0.1, -0.05) is 24.4 Å². The molecule has 1 aromatic rings. The van der Waals surface area contributed by atoms with E-state index in [2.05, 4.69) is 46.9 Å². The summed E-state index contributed by atoms with van der Waals surface area (Å²) in [5.41, 5.74) is 1.29. The summed E-state index contributed by atoms with van der Waals surface area (Å²) in [7, 11) is 0. The van der Waals surface area contributed by atoms with Gasteiger partial charge in [0.15, 0.2) is 0 Å². The van der Waals surface area contributed by atoms with Crippen molar-refractivity contribution < 1.29 is 0 Å². The molecule has 0 spiro atoms. The number of rotatable bonds is 2. The van der Waals surface area contributed by atoms with Gasteiger partial charge < -0.3 is 0 Å². The van der Waals surface area contributed by atoms with Crippen molar-refractivity contribution in [2.75, 3.05) is 0 Å². The fourth-order valence-corrected chi connectivity index (χ4v) is 1.56. The Morgan fingerprint density at radius 3 is 2.90 bits per heavy atom. The van der Waals surface area contributed by atoms with Crippen LogP contribution in [0.4, 0.5) is 0 Å². The van der Waals surface area contributed by atoms with Crippen molar-refractivity contribution in [3.05, 3.63) is 33.4 Å². The Morgan fingerprint density at radius 1 is 1.50 bits per heavy atom. The molecule has 2 heteroatoms. The lowest BCUT2D eigenvalue weighted by Crippen LogP contribution is -1.83. The SMILES string of the molecule is S=CCc1cccc(I)c1. The quantitative estimate of drug-likeness (QED) is 0.583. The molecule has 10 heavy (non-hydrogen) atoms. The summed E-state index contributed by atoms with van der Waals surface area (Å²) in [6, 6.07) is 8.36. The molecule has 0 unspecified atom stereocenters. The second-order valence-corrected chi connectivity index (χ2v) is 3.58. The molecular weight excluding hydrogens is 255 g/mol. The molecule has 1 rings (SSSR count). The molecule has 0 bridgehead atoms. The summed E-state index contributed by atoms with van der Waals surface area (Å²) in [4.78, 5) is 0. The summed E-state index contributed by atoms with van der Waals surface area (Å²) in [6.07, 6.45) is 0.895. The predicted octanol–water partition coefficient (Wildman–Crippen LogP) is 2.83. The minimum absolute atomic E-state index is 0.895. The number of hydrogen-bond acceptors (Lipinski definition) is 1. The van der Waals surface area contributed by atoms with Crippen molar-refractivity contribution in [3.8, 4) is 0 Å². The number of hydrogen-bond donors (Lipinski definition) is 0. The first-order chi connectivity index (χ1) is 4.83. The van der Waals surface area contributed by atoms with Gasteiger partial charge in [-0.25, -0.2) is 0 Å². The van der Waals surface area contributed by atoms with Crippen molar-refractivity contribution in [1.82, 2.24) is 0 Å². The predicted molar refractivity (Wildman–Crippen MR) is 56.5 cm³/mol. The van der Waals surface area contributed by atoms with Crippen LogP contribution in [-0.2, 0) is 6.42 Å². The van der Waals surface area contributed by atoms with E-state index >= 15 is 0 Å². The van der Waals surface area contributed by atoms with Crippen LogP contribution in [-0.4, -0.2) is 5.37 Å². The van der Waals surface area contributed by atoms with E-state index in [-0.39, 0.29) is 0 Å². The molecule has 0 aromatic heterocycles. The smallest absolute Gasteiger partial charge is 0.0133 e. The summed E-state index contributed by atoms with van der Waals surface area (Å²) in [5.74, 6) is 0. The van der Waals surface area contributed by atoms with E-state index in [9.17, 15) is 0 Å². The summed E-state index contributed by atoms with van der Waals surface area (Å²) in [5, 5.41) is 1.76. The van der Waals surface area contributed by atoms with Gasteiger partial charge in [-0.15, -0.1) is 0 Å². The Hall–Kier alpha value is 0.0400. The molecule has 0 saturated heterocycles. The van der Waals surface area contributed by atoms with Crippen molar-refractivity contribution in [3.63, 3.8) is 0 Å². The molecule has 1 aromatic carbocycles. The van der Waals surface area contributed by atoms with Crippen LogP contribution in [0, 0.1) is 3.57 Å². The van der Waals surface area contributed by atoms with Crippen molar-refractivity contribution in [1.29, 1.82) is 0 Å². The number of halogens is 1. The van der Waals surface area contributed by atoms with Crippen LogP contribution in [0.2, 0.25) is 0 Å². The fourth-order valence-electron chi connectivity index (χ4n) is 0.760. The van der Waals surface area contributed by atoms with Gasteiger partial charge in [0.05, 0.1) is 0 Å². The van der Waals surface area contributed by atoms with Crippen molar-refractivity contribution in [2.24, 2.45) is 0 Å². The average Bonchev–Trinajstić information content (AvgIpc) is 1.88. The zero-order chi connectivity index (χ0) is 7.40. The molecule has 0 radical (unpaired) electrons. The van der Waals surface area contributed by atoms with Gasteiger partial charge in [0, 0.05) is 9.99 Å². The molecule has 0 aliphatic carbocycles. The van der Waals surface area contributed by atoms with Gasteiger partial charge in [-0.05, 0) is 45.7 Å². The van der Waals surface area contributed by atoms with Crippen LogP contribution < -0.4 is 0 Å². The van der Waals surface area contributed by atoms with E-state index in [0.717, 1.165) is 6.42 Å². The van der Waals surface area contributed by atoms with E-state index in [1.807, 2.05) is 0 Å². The van der Waals surface area contributed by atoms with Gasteiger partial charge in [0.25, 0.3) is 0 Å². The van der Waals surface area contributed by atoms with E-state index in [1.165, 1.54) is 9.13 Å². The maximum absolute atomic E-state index is 4.75. The van der Waals surface area contributed by atoms with Crippen LogP contribution in [0.25, 0.3) is 0 Å². The molecule has 0 atom stereocenters. The van der Waals surface area contributed by atoms with Gasteiger partial charge in [0.2, 0.25) is 0 Å². The highest BCUT2D eigenvalue weighted by atomic mass is 127. The molecule has 0 nitrogen and oxygen atoms in total. The van der Waals surface area contributed by atoms with Crippen LogP contribution in [0.1, 0.15) is 5.56 Å². The topological polar surface area (TPSA) is 0 Å². The summed E-state index contributed by atoms with van der Waals surface area (Å²) < 4.78 is 1.27. The lowest BCUT2D eigenvalue weighted by atomic mass is 10.2. The Balaban J connectivity index is 2.84. The third kappa shape index (κ3) is 2.34. The summed E-state index contributed by atoms with van der Waals surface area (Å²) in [6.45, 7) is 0.